The molecule has 0 radical (unpaired) electrons. The molecule has 0 aromatic rings. The van der Waals surface area contributed by atoms with Crippen molar-refractivity contribution in [3.05, 3.63) is 0 Å². The van der Waals surface area contributed by atoms with E-state index in [0.717, 1.165) is 0 Å². The van der Waals surface area contributed by atoms with Crippen molar-refractivity contribution in [1.29, 1.82) is 0 Å². The van der Waals surface area contributed by atoms with Gasteiger partial charge in [0.05, 0.1) is 19.0 Å². The van der Waals surface area contributed by atoms with Crippen LogP contribution in [0.25, 0.3) is 0 Å². The van der Waals surface area contributed by atoms with Gasteiger partial charge in [0.15, 0.2) is 0 Å². The summed E-state index contributed by atoms with van der Waals surface area (Å²) in [5.41, 5.74) is 10.6. The van der Waals surface area contributed by atoms with Crippen molar-refractivity contribution in [2.75, 3.05) is 18.6 Å². The summed E-state index contributed by atoms with van der Waals surface area (Å²) in [5.74, 6) is -3.72. The second kappa shape index (κ2) is 12.9. The van der Waals surface area contributed by atoms with Gasteiger partial charge in [-0.25, -0.2) is 4.79 Å². The number of aliphatic carboxylic acids is 1. The lowest BCUT2D eigenvalue weighted by Crippen LogP contribution is -2.54. The molecule has 0 fully saturated rings. The van der Waals surface area contributed by atoms with Crippen molar-refractivity contribution in [1.82, 2.24) is 16.0 Å². The first-order chi connectivity index (χ1) is 13.0. The maximum Gasteiger partial charge on any atom is 0.326 e. The third-order valence-electron chi connectivity index (χ3n) is 3.67. The fourth-order valence-corrected chi connectivity index (χ4v) is 2.59. The molecule has 3 unspecified atom stereocenters. The minimum Gasteiger partial charge on any atom is -0.480 e. The zero-order valence-corrected chi connectivity index (χ0v) is 17.0. The molecule has 0 spiro atoms. The van der Waals surface area contributed by atoms with Gasteiger partial charge in [-0.2, -0.15) is 11.8 Å². The van der Waals surface area contributed by atoms with Crippen LogP contribution in [-0.4, -0.2) is 71.4 Å². The number of rotatable bonds is 13. The molecule has 0 aliphatic rings. The lowest BCUT2D eigenvalue weighted by Gasteiger charge is -2.21. The summed E-state index contributed by atoms with van der Waals surface area (Å²) in [6, 6.07) is -3.23. The topological polar surface area (TPSA) is 194 Å². The summed E-state index contributed by atoms with van der Waals surface area (Å²) >= 11 is 1.45. The zero-order chi connectivity index (χ0) is 21.9. The van der Waals surface area contributed by atoms with Crippen LogP contribution in [0.1, 0.15) is 26.7 Å². The van der Waals surface area contributed by atoms with Crippen LogP contribution in [0.2, 0.25) is 0 Å². The van der Waals surface area contributed by atoms with Gasteiger partial charge in [0.2, 0.25) is 23.6 Å². The molecule has 28 heavy (non-hydrogen) atoms. The molecule has 0 aliphatic heterocycles. The predicted octanol–water partition coefficient (Wildman–Crippen LogP) is -2.23. The van der Waals surface area contributed by atoms with Gasteiger partial charge >= 0.3 is 5.97 Å². The summed E-state index contributed by atoms with van der Waals surface area (Å²) in [7, 11) is 0. The quantitative estimate of drug-likeness (QED) is 0.193. The van der Waals surface area contributed by atoms with Gasteiger partial charge < -0.3 is 32.5 Å². The summed E-state index contributed by atoms with van der Waals surface area (Å²) in [5, 5.41) is 16.2. The number of carboxylic acid groups (broad SMARTS) is 1. The SMILES string of the molecule is CSCCC(NC(=O)C(N)CC(N)=O)C(=O)NCC(=O)NC(C(=O)O)C(C)C. The van der Waals surface area contributed by atoms with E-state index in [1.807, 2.05) is 6.26 Å². The molecule has 0 rings (SSSR count). The Morgan fingerprint density at radius 2 is 1.68 bits per heavy atom. The van der Waals surface area contributed by atoms with Gasteiger partial charge in [-0.3, -0.25) is 19.2 Å². The first kappa shape index (κ1) is 25.7. The van der Waals surface area contributed by atoms with E-state index in [4.69, 9.17) is 16.6 Å². The average molecular weight is 420 g/mol. The number of hydrogen-bond acceptors (Lipinski definition) is 7. The van der Waals surface area contributed by atoms with Crippen LogP contribution in [0.15, 0.2) is 0 Å². The molecule has 8 N–H and O–H groups in total. The first-order valence-electron chi connectivity index (χ1n) is 8.62. The highest BCUT2D eigenvalue weighted by Crippen LogP contribution is 2.03. The highest BCUT2D eigenvalue weighted by Gasteiger charge is 2.26. The Hall–Kier alpha value is -2.34. The average Bonchev–Trinajstić information content (AvgIpc) is 2.59. The maximum atomic E-state index is 12.3. The van der Waals surface area contributed by atoms with E-state index in [2.05, 4.69) is 16.0 Å². The standard InChI is InChI=1S/C16H29N5O6S/c1-8(2)13(16(26)27)21-12(23)7-19-15(25)10(4-5-28-3)20-14(24)9(17)6-11(18)22/h8-10,13H,4-7,17H2,1-3H3,(H2,18,22)(H,19,25)(H,20,24)(H,21,23)(H,26,27). The summed E-state index contributed by atoms with van der Waals surface area (Å²) in [6.07, 6.45) is 1.73. The molecule has 0 saturated carbocycles. The molecular formula is C16H29N5O6S. The fraction of sp³-hybridized carbons (Fsp3) is 0.688. The lowest BCUT2D eigenvalue weighted by atomic mass is 10.0. The van der Waals surface area contributed by atoms with E-state index in [9.17, 15) is 24.0 Å². The smallest absolute Gasteiger partial charge is 0.326 e. The van der Waals surface area contributed by atoms with Crippen LogP contribution in [0, 0.1) is 5.92 Å². The number of thioether (sulfide) groups is 1. The molecule has 0 aromatic carbocycles. The zero-order valence-electron chi connectivity index (χ0n) is 16.2. The van der Waals surface area contributed by atoms with E-state index in [1.54, 1.807) is 13.8 Å². The largest absolute Gasteiger partial charge is 0.480 e. The van der Waals surface area contributed by atoms with Gasteiger partial charge in [-0.05, 0) is 24.3 Å². The number of hydrogen-bond donors (Lipinski definition) is 6. The summed E-state index contributed by atoms with van der Waals surface area (Å²) < 4.78 is 0. The van der Waals surface area contributed by atoms with Crippen molar-refractivity contribution in [3.63, 3.8) is 0 Å². The third kappa shape index (κ3) is 10.1. The van der Waals surface area contributed by atoms with Crippen molar-refractivity contribution < 1.29 is 29.1 Å². The van der Waals surface area contributed by atoms with Crippen molar-refractivity contribution in [2.45, 2.75) is 44.8 Å². The molecule has 0 saturated heterocycles. The summed E-state index contributed by atoms with van der Waals surface area (Å²) in [4.78, 5) is 58.2. The molecular weight excluding hydrogens is 390 g/mol. The number of nitrogens with one attached hydrogen (secondary N) is 3. The Balaban J connectivity index is 4.80. The number of primary amides is 1. The predicted molar refractivity (Wildman–Crippen MR) is 104 cm³/mol. The van der Waals surface area contributed by atoms with Crippen molar-refractivity contribution in [3.8, 4) is 0 Å². The normalized spacial score (nSPS) is 13.9. The molecule has 3 atom stereocenters. The minimum absolute atomic E-state index is 0.271. The Bertz CT molecular complexity index is 586. The van der Waals surface area contributed by atoms with Crippen LogP contribution in [0.5, 0.6) is 0 Å². The molecule has 4 amide bonds. The fourth-order valence-electron chi connectivity index (χ4n) is 2.12. The van der Waals surface area contributed by atoms with E-state index >= 15 is 0 Å². The molecule has 12 heteroatoms. The highest BCUT2D eigenvalue weighted by molar-refractivity contribution is 7.98. The molecule has 0 aromatic heterocycles. The van der Waals surface area contributed by atoms with Crippen molar-refractivity contribution >= 4 is 41.4 Å². The number of carboxylic acids is 1. The van der Waals surface area contributed by atoms with Gasteiger partial charge in [-0.1, -0.05) is 13.8 Å². The van der Waals surface area contributed by atoms with Gasteiger partial charge in [0.1, 0.15) is 12.1 Å². The molecule has 160 valence electrons. The molecule has 0 aliphatic carbocycles. The Labute approximate surface area is 167 Å². The second-order valence-corrected chi connectivity index (χ2v) is 7.45. The van der Waals surface area contributed by atoms with Gasteiger partial charge in [-0.15, -0.1) is 0 Å². The van der Waals surface area contributed by atoms with Crippen LogP contribution in [-0.2, 0) is 24.0 Å². The Kier molecular flexibility index (Phi) is 11.9. The number of amides is 4. The first-order valence-corrected chi connectivity index (χ1v) is 10.0. The van der Waals surface area contributed by atoms with Crippen LogP contribution in [0.3, 0.4) is 0 Å². The molecule has 11 nitrogen and oxygen atoms in total. The van der Waals surface area contributed by atoms with Crippen LogP contribution >= 0.6 is 11.8 Å². The number of carbonyl (C=O) groups excluding carboxylic acids is 4. The lowest BCUT2D eigenvalue weighted by molar-refractivity contribution is -0.143. The van der Waals surface area contributed by atoms with Crippen LogP contribution < -0.4 is 27.4 Å². The highest BCUT2D eigenvalue weighted by atomic mass is 32.2. The molecule has 0 bridgehead atoms. The van der Waals surface area contributed by atoms with E-state index in [-0.39, 0.29) is 18.8 Å². The summed E-state index contributed by atoms with van der Waals surface area (Å²) in [6.45, 7) is 2.83. The monoisotopic (exact) mass is 419 g/mol. The Morgan fingerprint density at radius 1 is 1.07 bits per heavy atom. The van der Waals surface area contributed by atoms with E-state index in [0.29, 0.717) is 5.75 Å². The number of carbonyl (C=O) groups is 5. The minimum atomic E-state index is -1.19. The number of nitrogens with two attached hydrogens (primary N) is 2. The maximum absolute atomic E-state index is 12.3. The second-order valence-electron chi connectivity index (χ2n) is 6.46. The van der Waals surface area contributed by atoms with E-state index < -0.39 is 54.3 Å². The van der Waals surface area contributed by atoms with Crippen molar-refractivity contribution in [2.24, 2.45) is 17.4 Å². The third-order valence-corrected chi connectivity index (χ3v) is 4.32. The van der Waals surface area contributed by atoms with Gasteiger partial charge in [0, 0.05) is 0 Å². The molecule has 0 heterocycles. The van der Waals surface area contributed by atoms with Gasteiger partial charge in [0.25, 0.3) is 0 Å². The van der Waals surface area contributed by atoms with E-state index in [1.165, 1.54) is 11.8 Å². The Morgan fingerprint density at radius 3 is 2.14 bits per heavy atom. The van der Waals surface area contributed by atoms with Crippen LogP contribution in [0.4, 0.5) is 0 Å².